The van der Waals surface area contributed by atoms with E-state index in [9.17, 15) is 18.0 Å². The van der Waals surface area contributed by atoms with E-state index in [0.29, 0.717) is 17.2 Å². The first kappa shape index (κ1) is 31.3. The molecule has 1 fully saturated rings. The van der Waals surface area contributed by atoms with Gasteiger partial charge in [0, 0.05) is 29.6 Å². The van der Waals surface area contributed by atoms with Gasteiger partial charge in [0.05, 0.1) is 18.4 Å². The first-order chi connectivity index (χ1) is 19.7. The molecule has 0 bridgehead atoms. The molecule has 0 spiro atoms. The van der Waals surface area contributed by atoms with Crippen molar-refractivity contribution < 1.29 is 32.4 Å². The van der Waals surface area contributed by atoms with Gasteiger partial charge in [-0.05, 0) is 55.6 Å². The van der Waals surface area contributed by atoms with Crippen molar-refractivity contribution >= 4 is 17.4 Å². The molecular weight excluding hydrogens is 537 g/mol. The van der Waals surface area contributed by atoms with Crippen LogP contribution in [0.3, 0.4) is 0 Å². The van der Waals surface area contributed by atoms with Crippen LogP contribution in [0.15, 0.2) is 83.4 Å². The van der Waals surface area contributed by atoms with Crippen LogP contribution in [-0.4, -0.2) is 43.1 Å². The summed E-state index contributed by atoms with van der Waals surface area (Å²) in [6.45, 7) is 2.64. The topological polar surface area (TPSA) is 94.4 Å². The van der Waals surface area contributed by atoms with Gasteiger partial charge in [0.1, 0.15) is 13.7 Å². The number of halogens is 3. The van der Waals surface area contributed by atoms with Crippen molar-refractivity contribution in [3.63, 3.8) is 0 Å². The highest BCUT2D eigenvalue weighted by Crippen LogP contribution is 2.29. The zero-order chi connectivity index (χ0) is 29.7. The molecule has 0 aliphatic carbocycles. The molecular formula is C30H33F3N4O4. The van der Waals surface area contributed by atoms with Gasteiger partial charge in [-0.25, -0.2) is 4.79 Å². The largest absolute Gasteiger partial charge is 0.464 e. The third kappa shape index (κ3) is 9.42. The lowest BCUT2D eigenvalue weighted by Crippen LogP contribution is -2.26. The molecule has 11 heteroatoms. The maximum Gasteiger partial charge on any atom is 0.416 e. The minimum Gasteiger partial charge on any atom is -0.464 e. The van der Waals surface area contributed by atoms with Crippen LogP contribution >= 0.6 is 0 Å². The van der Waals surface area contributed by atoms with Crippen LogP contribution < -0.4 is 5.32 Å². The second-order valence-corrected chi connectivity index (χ2v) is 9.09. The smallest absolute Gasteiger partial charge is 0.416 e. The summed E-state index contributed by atoms with van der Waals surface area (Å²) in [5, 5.41) is 11.1. The van der Waals surface area contributed by atoms with Crippen molar-refractivity contribution in [2.75, 3.05) is 20.8 Å². The Morgan fingerprint density at radius 2 is 1.85 bits per heavy atom. The minimum absolute atomic E-state index is 0.0484. The van der Waals surface area contributed by atoms with E-state index in [0.717, 1.165) is 18.7 Å². The Morgan fingerprint density at radius 3 is 2.51 bits per heavy atom. The number of nitrogens with one attached hydrogen (secondary N) is 1. The number of esters is 1. The monoisotopic (exact) mass is 570 g/mol. The molecule has 1 aliphatic rings. The Labute approximate surface area is 237 Å². The van der Waals surface area contributed by atoms with Crippen molar-refractivity contribution in [2.45, 2.75) is 45.0 Å². The lowest BCUT2D eigenvalue weighted by atomic mass is 9.99. The number of aromatic nitrogens is 1. The first-order valence-electron chi connectivity index (χ1n) is 13.0. The van der Waals surface area contributed by atoms with Crippen LogP contribution in [0.2, 0.25) is 0 Å². The molecule has 1 aliphatic heterocycles. The van der Waals surface area contributed by atoms with Crippen LogP contribution in [0.5, 0.6) is 0 Å². The molecule has 1 saturated heterocycles. The number of pyridine rings is 1. The molecule has 0 radical (unpaired) electrons. The molecule has 1 aromatic heterocycles. The van der Waals surface area contributed by atoms with Gasteiger partial charge in [-0.3, -0.25) is 4.98 Å². The third-order valence-corrected chi connectivity index (χ3v) is 6.26. The molecule has 0 amide bonds. The minimum atomic E-state index is -4.44. The Balaban J connectivity index is 0.000000317. The summed E-state index contributed by atoms with van der Waals surface area (Å²) < 4.78 is 43.3. The summed E-state index contributed by atoms with van der Waals surface area (Å²) >= 11 is 0. The molecule has 3 aromatic rings. The number of nitrogens with zero attached hydrogens (tertiary/aromatic N) is 3. The lowest BCUT2D eigenvalue weighted by Gasteiger charge is -2.23. The van der Waals surface area contributed by atoms with Crippen LogP contribution in [0.25, 0.3) is 0 Å². The van der Waals surface area contributed by atoms with Gasteiger partial charge in [-0.1, -0.05) is 59.2 Å². The molecule has 1 unspecified atom stereocenters. The molecule has 0 saturated carbocycles. The fourth-order valence-corrected chi connectivity index (χ4v) is 4.15. The number of hydrogen-bond acceptors (Lipinski definition) is 8. The van der Waals surface area contributed by atoms with Gasteiger partial charge in [0.15, 0.2) is 5.71 Å². The zero-order valence-corrected chi connectivity index (χ0v) is 23.1. The predicted octanol–water partition coefficient (Wildman–Crippen LogP) is 6.07. The molecule has 8 nitrogen and oxygen atoms in total. The molecule has 2 heterocycles. The third-order valence-electron chi connectivity index (χ3n) is 6.26. The normalized spacial score (nSPS) is 15.8. The number of ether oxygens (including phenoxy) is 1. The van der Waals surface area contributed by atoms with E-state index >= 15 is 0 Å². The molecule has 2 aromatic carbocycles. The van der Waals surface area contributed by atoms with Gasteiger partial charge in [-0.15, -0.1) is 0 Å². The lowest BCUT2D eigenvalue weighted by molar-refractivity contribution is -0.137. The van der Waals surface area contributed by atoms with E-state index in [-0.39, 0.29) is 23.6 Å². The number of alkyl halides is 3. The number of carbonyl (C=O) groups excluding carboxylic acids is 1. The number of hydrogen-bond donors (Lipinski definition) is 1. The number of oxime groups is 2. The number of methoxy groups -OCH3 is 1. The highest BCUT2D eigenvalue weighted by Gasteiger charge is 2.30. The molecule has 41 heavy (non-hydrogen) atoms. The van der Waals surface area contributed by atoms with Crippen molar-refractivity contribution in [3.8, 4) is 0 Å². The summed E-state index contributed by atoms with van der Waals surface area (Å²) in [6, 6.07) is 16.2. The summed E-state index contributed by atoms with van der Waals surface area (Å²) in [4.78, 5) is 26.1. The molecule has 4 rings (SSSR count). The highest BCUT2D eigenvalue weighted by atomic mass is 19.4. The van der Waals surface area contributed by atoms with E-state index in [4.69, 9.17) is 14.4 Å². The average molecular weight is 571 g/mol. The first-order valence-corrected chi connectivity index (χ1v) is 13.0. The molecule has 1 atom stereocenters. The maximum atomic E-state index is 12.9. The van der Waals surface area contributed by atoms with Gasteiger partial charge in [-0.2, -0.15) is 13.2 Å². The second kappa shape index (κ2) is 15.5. The van der Waals surface area contributed by atoms with Gasteiger partial charge >= 0.3 is 12.1 Å². The van der Waals surface area contributed by atoms with E-state index in [2.05, 4.69) is 26.7 Å². The molecule has 218 valence electrons. The number of rotatable bonds is 8. The number of carbonyl (C=O) groups is 1. The fourth-order valence-electron chi connectivity index (χ4n) is 4.15. The Hall–Kier alpha value is -4.25. The van der Waals surface area contributed by atoms with Gasteiger partial charge in [0.2, 0.25) is 0 Å². The second-order valence-electron chi connectivity index (χ2n) is 9.09. The van der Waals surface area contributed by atoms with Crippen LogP contribution in [-0.2, 0) is 32.0 Å². The van der Waals surface area contributed by atoms with Crippen LogP contribution in [0.1, 0.15) is 60.0 Å². The van der Waals surface area contributed by atoms with Crippen molar-refractivity contribution in [3.05, 3.63) is 101 Å². The predicted molar refractivity (Wildman–Crippen MR) is 149 cm³/mol. The average Bonchev–Trinajstić information content (AvgIpc) is 3.00. The Kier molecular flexibility index (Phi) is 11.8. The Morgan fingerprint density at radius 1 is 1.05 bits per heavy atom. The quantitative estimate of drug-likeness (QED) is 0.201. The highest BCUT2D eigenvalue weighted by molar-refractivity contribution is 6.43. The van der Waals surface area contributed by atoms with E-state index in [1.165, 1.54) is 58.1 Å². The van der Waals surface area contributed by atoms with Crippen LogP contribution in [0, 0.1) is 0 Å². The molecule has 1 N–H and O–H groups in total. The SMILES string of the molecule is CO/N=C(/C(=O)OC)c1ccccc1CO/N=C(\C)c1cccc(C(F)(F)F)c1.c1cncc(C2CCCCN2)c1. The van der Waals surface area contributed by atoms with E-state index in [1.54, 1.807) is 24.3 Å². The fraction of sp³-hybridized carbons (Fsp3) is 0.333. The zero-order valence-electron chi connectivity index (χ0n) is 23.1. The van der Waals surface area contributed by atoms with Crippen molar-refractivity contribution in [1.29, 1.82) is 0 Å². The summed E-state index contributed by atoms with van der Waals surface area (Å²) in [7, 11) is 2.51. The maximum absolute atomic E-state index is 12.9. The van der Waals surface area contributed by atoms with Gasteiger partial charge < -0.3 is 19.7 Å². The van der Waals surface area contributed by atoms with E-state index in [1.807, 2.05) is 18.5 Å². The summed E-state index contributed by atoms with van der Waals surface area (Å²) in [6.07, 6.45) is 3.26. The number of piperidine rings is 1. The van der Waals surface area contributed by atoms with Crippen LogP contribution in [0.4, 0.5) is 13.2 Å². The number of benzene rings is 2. The van der Waals surface area contributed by atoms with Gasteiger partial charge in [0.25, 0.3) is 0 Å². The van der Waals surface area contributed by atoms with Crippen molar-refractivity contribution in [1.82, 2.24) is 10.3 Å². The Bertz CT molecular complexity index is 1320. The van der Waals surface area contributed by atoms with E-state index < -0.39 is 17.7 Å². The summed E-state index contributed by atoms with van der Waals surface area (Å²) in [5.41, 5.74) is 2.05. The summed E-state index contributed by atoms with van der Waals surface area (Å²) in [5.74, 6) is -0.692. The van der Waals surface area contributed by atoms with Crippen molar-refractivity contribution in [2.24, 2.45) is 10.3 Å². The standard InChI is InChI=1S/C20H19F3N2O4.C10H14N2/c1-13(14-8-6-9-16(11-14)20(21,22)23)24-29-12-15-7-4-5-10-17(15)18(25-28-3)19(26)27-2;1-2-7-12-10(5-1)9-4-3-6-11-8-9/h4-11H,12H2,1-3H3;3-4,6,8,10,12H,1-2,5,7H2/b24-13+,25-18+;.